The van der Waals surface area contributed by atoms with Gasteiger partial charge in [0.1, 0.15) is 0 Å². The number of hydrogen-bond acceptors (Lipinski definition) is 4. The summed E-state index contributed by atoms with van der Waals surface area (Å²) in [6.45, 7) is 6.14. The van der Waals surface area contributed by atoms with Crippen LogP contribution in [0.4, 0.5) is 0 Å². The Labute approximate surface area is 100 Å². The molecule has 0 unspecified atom stereocenters. The third-order valence-electron chi connectivity index (χ3n) is 3.18. The number of hydroxylamine groups is 1. The molecule has 0 spiro atoms. The molecule has 0 aliphatic carbocycles. The lowest BCUT2D eigenvalue weighted by molar-refractivity contribution is 0.0705. The maximum Gasteiger partial charge on any atom is 0.276 e. The van der Waals surface area contributed by atoms with E-state index >= 15 is 0 Å². The minimum Gasteiger partial charge on any atom is -0.295 e. The second-order valence-corrected chi connectivity index (χ2v) is 4.58. The predicted molar refractivity (Wildman–Crippen MR) is 62.7 cm³/mol. The zero-order chi connectivity index (χ0) is 12.4. The molecule has 1 aromatic rings. The molecule has 0 saturated carbocycles. The molecule has 0 radical (unpaired) electrons. The molecular formula is C12H17N3O2. The minimum absolute atomic E-state index is 0.407. The van der Waals surface area contributed by atoms with Crippen LogP contribution in [0, 0.1) is 0 Å². The smallest absolute Gasteiger partial charge is 0.276 e. The predicted octanol–water partition coefficient (Wildman–Crippen LogP) is 0.967. The van der Waals surface area contributed by atoms with Crippen LogP contribution >= 0.6 is 0 Å². The number of rotatable bonds is 2. The van der Waals surface area contributed by atoms with Crippen LogP contribution in [0.15, 0.2) is 12.3 Å². The Morgan fingerprint density at radius 3 is 3.00 bits per heavy atom. The van der Waals surface area contributed by atoms with Crippen molar-refractivity contribution in [3.05, 3.63) is 29.1 Å². The van der Waals surface area contributed by atoms with E-state index < -0.39 is 5.91 Å². The summed E-state index contributed by atoms with van der Waals surface area (Å²) >= 11 is 0. The van der Waals surface area contributed by atoms with Crippen molar-refractivity contribution in [2.24, 2.45) is 0 Å². The van der Waals surface area contributed by atoms with Crippen molar-refractivity contribution in [3.8, 4) is 0 Å². The molecular weight excluding hydrogens is 218 g/mol. The molecule has 5 nitrogen and oxygen atoms in total. The third-order valence-corrected chi connectivity index (χ3v) is 3.18. The van der Waals surface area contributed by atoms with Gasteiger partial charge in [0, 0.05) is 25.3 Å². The second-order valence-electron chi connectivity index (χ2n) is 4.58. The van der Waals surface area contributed by atoms with E-state index in [2.05, 4.69) is 23.7 Å². The van der Waals surface area contributed by atoms with Gasteiger partial charge in [-0.25, -0.2) is 5.48 Å². The fourth-order valence-corrected chi connectivity index (χ4v) is 2.06. The summed E-state index contributed by atoms with van der Waals surface area (Å²) in [5.41, 5.74) is 4.16. The van der Waals surface area contributed by atoms with Gasteiger partial charge in [-0.15, -0.1) is 0 Å². The van der Waals surface area contributed by atoms with Gasteiger partial charge in [-0.3, -0.25) is 19.9 Å². The molecule has 0 bridgehead atoms. The molecule has 0 atom stereocenters. The first kappa shape index (κ1) is 12.0. The van der Waals surface area contributed by atoms with E-state index in [1.54, 1.807) is 5.48 Å². The molecule has 0 saturated heterocycles. The molecule has 2 rings (SSSR count). The Kier molecular flexibility index (Phi) is 3.40. The Morgan fingerprint density at radius 1 is 1.59 bits per heavy atom. The molecule has 5 heteroatoms. The van der Waals surface area contributed by atoms with E-state index in [1.807, 2.05) is 6.07 Å². The van der Waals surface area contributed by atoms with Crippen molar-refractivity contribution < 1.29 is 10.0 Å². The van der Waals surface area contributed by atoms with Crippen LogP contribution in [0.2, 0.25) is 0 Å². The van der Waals surface area contributed by atoms with E-state index in [0.717, 1.165) is 30.8 Å². The summed E-state index contributed by atoms with van der Waals surface area (Å²) in [5.74, 6) is -0.508. The lowest BCUT2D eigenvalue weighted by atomic mass is 10.0. The largest absolute Gasteiger partial charge is 0.295 e. The summed E-state index contributed by atoms with van der Waals surface area (Å²) < 4.78 is 0. The SMILES string of the molecule is CC(C)N1CCc2cc(C(=O)NO)cnc2C1. The molecule has 1 aliphatic heterocycles. The van der Waals surface area contributed by atoms with Gasteiger partial charge in [-0.05, 0) is 31.9 Å². The monoisotopic (exact) mass is 235 g/mol. The number of carbonyl (C=O) groups is 1. The maximum atomic E-state index is 11.3. The third kappa shape index (κ3) is 2.45. The number of aromatic nitrogens is 1. The van der Waals surface area contributed by atoms with E-state index in [-0.39, 0.29) is 0 Å². The fourth-order valence-electron chi connectivity index (χ4n) is 2.06. The van der Waals surface area contributed by atoms with Crippen molar-refractivity contribution in [2.45, 2.75) is 32.9 Å². The van der Waals surface area contributed by atoms with Crippen LogP contribution in [-0.2, 0) is 13.0 Å². The van der Waals surface area contributed by atoms with Crippen LogP contribution in [0.3, 0.4) is 0 Å². The summed E-state index contributed by atoms with van der Waals surface area (Å²) in [6, 6.07) is 2.32. The van der Waals surface area contributed by atoms with E-state index in [1.165, 1.54) is 6.20 Å². The molecule has 0 fully saturated rings. The molecule has 1 aromatic heterocycles. The number of amides is 1. The topological polar surface area (TPSA) is 65.5 Å². The van der Waals surface area contributed by atoms with Gasteiger partial charge in [0.25, 0.3) is 5.91 Å². The van der Waals surface area contributed by atoms with Gasteiger partial charge in [0.05, 0.1) is 11.3 Å². The van der Waals surface area contributed by atoms with Gasteiger partial charge >= 0.3 is 0 Å². The number of nitrogens with one attached hydrogen (secondary N) is 1. The summed E-state index contributed by atoms with van der Waals surface area (Å²) in [5, 5.41) is 8.57. The average Bonchev–Trinajstić information content (AvgIpc) is 2.36. The molecule has 1 amide bonds. The summed E-state index contributed by atoms with van der Waals surface area (Å²) in [7, 11) is 0. The molecule has 2 heterocycles. The van der Waals surface area contributed by atoms with Crippen molar-refractivity contribution in [1.29, 1.82) is 0 Å². The zero-order valence-corrected chi connectivity index (χ0v) is 10.1. The van der Waals surface area contributed by atoms with E-state index in [4.69, 9.17) is 5.21 Å². The van der Waals surface area contributed by atoms with Gasteiger partial charge < -0.3 is 0 Å². The molecule has 1 aliphatic rings. The maximum absolute atomic E-state index is 11.3. The number of hydrogen-bond donors (Lipinski definition) is 2. The van der Waals surface area contributed by atoms with Crippen LogP contribution < -0.4 is 5.48 Å². The van der Waals surface area contributed by atoms with Crippen molar-refractivity contribution in [3.63, 3.8) is 0 Å². The van der Waals surface area contributed by atoms with Crippen LogP contribution in [0.5, 0.6) is 0 Å². The lowest BCUT2D eigenvalue weighted by Crippen LogP contribution is -2.36. The first-order valence-corrected chi connectivity index (χ1v) is 5.78. The highest BCUT2D eigenvalue weighted by molar-refractivity contribution is 5.93. The van der Waals surface area contributed by atoms with Crippen molar-refractivity contribution >= 4 is 5.91 Å². The van der Waals surface area contributed by atoms with Crippen molar-refractivity contribution in [2.75, 3.05) is 6.54 Å². The molecule has 2 N–H and O–H groups in total. The van der Waals surface area contributed by atoms with Gasteiger partial charge in [-0.2, -0.15) is 0 Å². The van der Waals surface area contributed by atoms with Crippen LogP contribution in [-0.4, -0.2) is 33.6 Å². The normalized spacial score (nSPS) is 15.8. The number of fused-ring (bicyclic) bond motifs is 1. The first-order valence-electron chi connectivity index (χ1n) is 5.78. The summed E-state index contributed by atoms with van der Waals surface area (Å²) in [4.78, 5) is 17.9. The van der Waals surface area contributed by atoms with Crippen LogP contribution in [0.25, 0.3) is 0 Å². The standard InChI is InChI=1S/C12H17N3O2/c1-8(2)15-4-3-9-5-10(12(16)14-17)6-13-11(9)7-15/h5-6,8,17H,3-4,7H2,1-2H3,(H,14,16). The lowest BCUT2D eigenvalue weighted by Gasteiger charge is -2.31. The number of nitrogens with zero attached hydrogens (tertiary/aromatic N) is 2. The van der Waals surface area contributed by atoms with Gasteiger partial charge in [-0.1, -0.05) is 0 Å². The van der Waals surface area contributed by atoms with E-state index in [9.17, 15) is 4.79 Å². The highest BCUT2D eigenvalue weighted by Crippen LogP contribution is 2.19. The Balaban J connectivity index is 2.22. The Hall–Kier alpha value is -1.46. The highest BCUT2D eigenvalue weighted by Gasteiger charge is 2.20. The second kappa shape index (κ2) is 4.81. The number of carbonyl (C=O) groups excluding carboxylic acids is 1. The zero-order valence-electron chi connectivity index (χ0n) is 10.1. The average molecular weight is 235 g/mol. The molecule has 17 heavy (non-hydrogen) atoms. The Morgan fingerprint density at radius 2 is 2.35 bits per heavy atom. The summed E-state index contributed by atoms with van der Waals surface area (Å²) in [6.07, 6.45) is 2.40. The Bertz CT molecular complexity index is 432. The highest BCUT2D eigenvalue weighted by atomic mass is 16.5. The minimum atomic E-state index is -0.508. The number of pyridine rings is 1. The first-order chi connectivity index (χ1) is 8.11. The fraction of sp³-hybridized carbons (Fsp3) is 0.500. The van der Waals surface area contributed by atoms with Gasteiger partial charge in [0.15, 0.2) is 0 Å². The molecule has 92 valence electrons. The van der Waals surface area contributed by atoms with Crippen LogP contribution in [0.1, 0.15) is 35.5 Å². The van der Waals surface area contributed by atoms with E-state index in [0.29, 0.717) is 11.6 Å². The quantitative estimate of drug-likeness (QED) is 0.592. The van der Waals surface area contributed by atoms with Crippen molar-refractivity contribution in [1.82, 2.24) is 15.4 Å². The van der Waals surface area contributed by atoms with Gasteiger partial charge in [0.2, 0.25) is 0 Å². The molecule has 0 aromatic carbocycles.